The van der Waals surface area contributed by atoms with E-state index in [1.807, 2.05) is 30.3 Å². The Morgan fingerprint density at radius 2 is 2.07 bits per heavy atom. The zero-order chi connectivity index (χ0) is 10.9. The Kier molecular flexibility index (Phi) is 2.84. The van der Waals surface area contributed by atoms with E-state index in [1.54, 1.807) is 0 Å². The molecule has 0 amide bonds. The number of rotatable bonds is 2. The highest BCUT2D eigenvalue weighted by Gasteiger charge is 2.41. The van der Waals surface area contributed by atoms with Gasteiger partial charge >= 0.3 is 5.97 Å². The zero-order valence-corrected chi connectivity index (χ0v) is 9.36. The molecule has 1 saturated heterocycles. The molecule has 0 bridgehead atoms. The molecule has 1 aromatic carbocycles. The Labute approximate surface area is 91.4 Å². The minimum atomic E-state index is -1.94. The standard InChI is InChI=1S/C11H12BO2P/c12-15(9-5-2-1-3-6-9)8-4-7-10(15)11(13)14/h1-3,5-6,10H,4,7-8H2/q-1/p+1/t10-,15?/m1/s1. The molecule has 1 heterocycles. The minimum Gasteiger partial charge on any atom is -0.478 e. The van der Waals surface area contributed by atoms with Gasteiger partial charge in [-0.1, -0.05) is 18.2 Å². The van der Waals surface area contributed by atoms with E-state index in [1.165, 1.54) is 0 Å². The van der Waals surface area contributed by atoms with E-state index in [0.29, 0.717) is 0 Å². The summed E-state index contributed by atoms with van der Waals surface area (Å²) in [6, 6.07) is 9.73. The molecule has 2 rings (SSSR count). The molecule has 1 unspecified atom stereocenters. The molecule has 3 radical (unpaired) electrons. The lowest BCUT2D eigenvalue weighted by atomic mass is 10.2. The molecule has 1 aliphatic rings. The largest absolute Gasteiger partial charge is 0.478 e. The van der Waals surface area contributed by atoms with Crippen molar-refractivity contribution in [3.05, 3.63) is 30.3 Å². The van der Waals surface area contributed by atoms with Crippen LogP contribution in [0.1, 0.15) is 12.8 Å². The van der Waals surface area contributed by atoms with E-state index in [4.69, 9.17) is 12.7 Å². The van der Waals surface area contributed by atoms with Gasteiger partial charge < -0.3 is 5.11 Å². The Morgan fingerprint density at radius 3 is 2.67 bits per heavy atom. The molecule has 1 N–H and O–H groups in total. The van der Waals surface area contributed by atoms with Crippen LogP contribution in [-0.4, -0.2) is 30.5 Å². The lowest BCUT2D eigenvalue weighted by Crippen LogP contribution is -2.27. The summed E-state index contributed by atoms with van der Waals surface area (Å²) in [5, 5.41) is 10.2. The Bertz CT molecular complexity index is 368. The summed E-state index contributed by atoms with van der Waals surface area (Å²) >= 11 is 0. The highest BCUT2D eigenvalue weighted by Crippen LogP contribution is 2.63. The first-order valence-corrected chi connectivity index (χ1v) is 7.20. The summed E-state index contributed by atoms with van der Waals surface area (Å²) in [5.41, 5.74) is -0.333. The second-order valence-corrected chi connectivity index (χ2v) is 7.43. The molecule has 4 heteroatoms. The van der Waals surface area contributed by atoms with Crippen molar-refractivity contribution >= 4 is 26.0 Å². The third-order valence-electron chi connectivity index (χ3n) is 3.08. The van der Waals surface area contributed by atoms with Crippen molar-refractivity contribution in [2.75, 3.05) is 6.16 Å². The first kappa shape index (κ1) is 10.7. The van der Waals surface area contributed by atoms with Crippen LogP contribution in [0.25, 0.3) is 0 Å². The number of hydrogen-bond acceptors (Lipinski definition) is 1. The van der Waals surface area contributed by atoms with Crippen LogP contribution >= 0.6 is 7.14 Å². The number of carboxylic acids is 1. The molecule has 0 saturated carbocycles. The van der Waals surface area contributed by atoms with Crippen molar-refractivity contribution in [3.63, 3.8) is 0 Å². The SMILES string of the molecule is [B-][P+]1(c2ccccc2)CCC[C@@H]1C(=O)O. The molecule has 1 aromatic rings. The molecule has 2 nitrogen and oxygen atoms in total. The number of carboxylic acid groups (broad SMARTS) is 1. The van der Waals surface area contributed by atoms with Crippen molar-refractivity contribution in [1.82, 2.24) is 0 Å². The molecular weight excluding hydrogens is 206 g/mol. The summed E-state index contributed by atoms with van der Waals surface area (Å²) in [6.07, 6.45) is 2.54. The van der Waals surface area contributed by atoms with Gasteiger partial charge in [-0.05, 0) is 25.0 Å². The van der Waals surface area contributed by atoms with Gasteiger partial charge in [0.15, 0.2) is 0 Å². The monoisotopic (exact) mass is 219 g/mol. The average molecular weight is 219 g/mol. The molecule has 1 fully saturated rings. The number of aliphatic carboxylic acids is 1. The Morgan fingerprint density at radius 1 is 1.40 bits per heavy atom. The van der Waals surface area contributed by atoms with Gasteiger partial charge in [-0.2, -0.15) is 0 Å². The van der Waals surface area contributed by atoms with Gasteiger partial charge in [-0.25, -0.2) is 11.9 Å². The van der Waals surface area contributed by atoms with Gasteiger partial charge in [-0.15, -0.1) is 0 Å². The van der Waals surface area contributed by atoms with Gasteiger partial charge in [0.1, 0.15) is 5.66 Å². The average Bonchev–Trinajstić information content (AvgIpc) is 2.63. The molecule has 1 aliphatic heterocycles. The van der Waals surface area contributed by atoms with Crippen LogP contribution in [0.3, 0.4) is 0 Å². The summed E-state index contributed by atoms with van der Waals surface area (Å²) < 4.78 is 0. The lowest BCUT2D eigenvalue weighted by Gasteiger charge is -2.36. The van der Waals surface area contributed by atoms with Crippen molar-refractivity contribution in [2.24, 2.45) is 0 Å². The van der Waals surface area contributed by atoms with Crippen LogP contribution in [0.4, 0.5) is 0 Å². The highest BCUT2D eigenvalue weighted by molar-refractivity contribution is 8.04. The first-order valence-electron chi connectivity index (χ1n) is 5.09. The maximum absolute atomic E-state index is 11.1. The Balaban J connectivity index is 2.37. The normalized spacial score (nSPS) is 30.3. The lowest BCUT2D eigenvalue weighted by molar-refractivity contribution is -0.136. The fourth-order valence-electron chi connectivity index (χ4n) is 2.27. The van der Waals surface area contributed by atoms with Crippen LogP contribution in [0, 0.1) is 0 Å². The second kappa shape index (κ2) is 3.98. The molecule has 0 aromatic heterocycles. The van der Waals surface area contributed by atoms with Crippen LogP contribution in [-0.2, 0) is 4.79 Å². The van der Waals surface area contributed by atoms with Gasteiger partial charge in [0, 0.05) is 11.5 Å². The zero-order valence-electron chi connectivity index (χ0n) is 8.47. The summed E-state index contributed by atoms with van der Waals surface area (Å²) in [7, 11) is 4.42. The van der Waals surface area contributed by atoms with Crippen LogP contribution < -0.4 is 5.30 Å². The quantitative estimate of drug-likeness (QED) is 0.606. The summed E-state index contributed by atoms with van der Waals surface area (Å²) in [6.45, 7) is 0. The Hall–Kier alpha value is -0.815. The molecular formula is C11H13BO2P. The van der Waals surface area contributed by atoms with E-state index in [2.05, 4.69) is 0 Å². The van der Waals surface area contributed by atoms with Crippen molar-refractivity contribution in [2.45, 2.75) is 18.5 Å². The predicted octanol–water partition coefficient (Wildman–Crippen LogP) is 1.66. The number of hydrogen-bond donors (Lipinski definition) is 1. The molecule has 77 valence electrons. The van der Waals surface area contributed by atoms with E-state index < -0.39 is 13.1 Å². The smallest absolute Gasteiger partial charge is 0.340 e. The van der Waals surface area contributed by atoms with E-state index >= 15 is 0 Å². The van der Waals surface area contributed by atoms with Crippen LogP contribution in [0.2, 0.25) is 0 Å². The third-order valence-corrected chi connectivity index (χ3v) is 6.99. The fourth-order valence-corrected chi connectivity index (χ4v) is 5.67. The van der Waals surface area contributed by atoms with Gasteiger partial charge in [0.05, 0.1) is 0 Å². The number of carbonyl (C=O) groups is 1. The van der Waals surface area contributed by atoms with Crippen LogP contribution in [0.5, 0.6) is 0 Å². The van der Waals surface area contributed by atoms with Crippen molar-refractivity contribution < 1.29 is 9.90 Å². The maximum Gasteiger partial charge on any atom is 0.340 e. The first-order chi connectivity index (χ1) is 7.14. The molecule has 2 atom stereocenters. The van der Waals surface area contributed by atoms with E-state index in [-0.39, 0.29) is 5.66 Å². The van der Waals surface area contributed by atoms with Crippen molar-refractivity contribution in [3.8, 4) is 0 Å². The van der Waals surface area contributed by atoms with Gasteiger partial charge in [-0.3, -0.25) is 7.57 Å². The van der Waals surface area contributed by atoms with Crippen molar-refractivity contribution in [1.29, 1.82) is 0 Å². The van der Waals surface area contributed by atoms with Crippen LogP contribution in [0.15, 0.2) is 30.3 Å². The minimum absolute atomic E-state index is 0.333. The maximum atomic E-state index is 11.1. The van der Waals surface area contributed by atoms with Gasteiger partial charge in [0.2, 0.25) is 0 Å². The summed E-state index contributed by atoms with van der Waals surface area (Å²) in [4.78, 5) is 11.1. The topological polar surface area (TPSA) is 37.3 Å². The molecule has 0 aliphatic carbocycles. The highest BCUT2D eigenvalue weighted by atomic mass is 31.2. The predicted molar refractivity (Wildman–Crippen MR) is 64.3 cm³/mol. The summed E-state index contributed by atoms with van der Waals surface area (Å²) in [5.74, 6) is -0.729. The fraction of sp³-hybridized carbons (Fsp3) is 0.364. The second-order valence-electron chi connectivity index (χ2n) is 3.99. The van der Waals surface area contributed by atoms with E-state index in [0.717, 1.165) is 24.3 Å². The van der Waals surface area contributed by atoms with E-state index in [9.17, 15) is 4.79 Å². The third kappa shape index (κ3) is 1.81. The molecule has 0 spiro atoms. The van der Waals surface area contributed by atoms with Gasteiger partial charge in [0.25, 0.3) is 0 Å². The molecule has 15 heavy (non-hydrogen) atoms. The number of benzene rings is 1.